The van der Waals surface area contributed by atoms with Crippen molar-refractivity contribution in [3.05, 3.63) is 35.9 Å². The minimum atomic E-state index is -0.818. The van der Waals surface area contributed by atoms with Crippen molar-refractivity contribution in [3.63, 3.8) is 0 Å². The van der Waals surface area contributed by atoms with Gasteiger partial charge in [0.2, 0.25) is 0 Å². The first kappa shape index (κ1) is 7.31. The van der Waals surface area contributed by atoms with Crippen molar-refractivity contribution < 1.29 is 9.53 Å². The number of benzene rings is 1. The average Bonchev–Trinajstić information content (AvgIpc) is 2.86. The van der Waals surface area contributed by atoms with Crippen molar-refractivity contribution in [1.29, 1.82) is 0 Å². The second-order valence-electron chi connectivity index (χ2n) is 2.85. The molecule has 0 saturated carbocycles. The lowest BCUT2D eigenvalue weighted by Crippen LogP contribution is -2.29. The lowest BCUT2D eigenvalue weighted by Gasteiger charge is -2.06. The first-order chi connectivity index (χ1) is 5.76. The molecule has 0 bridgehead atoms. The highest BCUT2D eigenvalue weighted by Crippen LogP contribution is 2.37. The zero-order chi connectivity index (χ0) is 8.60. The van der Waals surface area contributed by atoms with Gasteiger partial charge in [-0.25, -0.2) is 0 Å². The lowest BCUT2D eigenvalue weighted by atomic mass is 10.00. The van der Waals surface area contributed by atoms with Crippen molar-refractivity contribution in [2.45, 2.75) is 5.60 Å². The quantitative estimate of drug-likeness (QED) is 0.641. The topological polar surface area (TPSA) is 55.6 Å². The van der Waals surface area contributed by atoms with Crippen LogP contribution in [-0.4, -0.2) is 12.5 Å². The number of carbonyl (C=O) groups excluding carboxylic acids is 1. The van der Waals surface area contributed by atoms with Crippen LogP contribution in [0, 0.1) is 0 Å². The van der Waals surface area contributed by atoms with E-state index in [9.17, 15) is 4.79 Å². The normalized spacial score (nSPS) is 26.7. The van der Waals surface area contributed by atoms with Crippen LogP contribution in [0.1, 0.15) is 5.56 Å². The number of carbonyl (C=O) groups is 1. The van der Waals surface area contributed by atoms with Gasteiger partial charge in [-0.3, -0.25) is 4.79 Å². The van der Waals surface area contributed by atoms with Crippen LogP contribution in [0.2, 0.25) is 0 Å². The van der Waals surface area contributed by atoms with Crippen LogP contribution in [0.4, 0.5) is 0 Å². The van der Waals surface area contributed by atoms with Gasteiger partial charge in [0.15, 0.2) is 5.60 Å². The summed E-state index contributed by atoms with van der Waals surface area (Å²) in [7, 11) is 0. The van der Waals surface area contributed by atoms with Gasteiger partial charge in [-0.1, -0.05) is 30.3 Å². The highest BCUT2D eigenvalue weighted by molar-refractivity contribution is 5.87. The average molecular weight is 163 g/mol. The van der Waals surface area contributed by atoms with Gasteiger partial charge in [0, 0.05) is 0 Å². The van der Waals surface area contributed by atoms with Crippen LogP contribution in [0.3, 0.4) is 0 Å². The summed E-state index contributed by atoms with van der Waals surface area (Å²) in [6, 6.07) is 9.31. The molecule has 0 aliphatic carbocycles. The van der Waals surface area contributed by atoms with E-state index in [0.717, 1.165) is 5.56 Å². The van der Waals surface area contributed by atoms with E-state index in [1.165, 1.54) is 0 Å². The second-order valence-corrected chi connectivity index (χ2v) is 2.85. The van der Waals surface area contributed by atoms with Crippen LogP contribution >= 0.6 is 0 Å². The molecule has 1 saturated heterocycles. The van der Waals surface area contributed by atoms with Crippen molar-refractivity contribution in [2.75, 3.05) is 6.61 Å². The minimum absolute atomic E-state index is 0.409. The van der Waals surface area contributed by atoms with Crippen molar-refractivity contribution in [1.82, 2.24) is 0 Å². The molecule has 0 radical (unpaired) electrons. The molecule has 1 amide bonds. The summed E-state index contributed by atoms with van der Waals surface area (Å²) in [5, 5.41) is 0. The Morgan fingerprint density at radius 3 is 2.42 bits per heavy atom. The number of hydrogen-bond donors (Lipinski definition) is 1. The van der Waals surface area contributed by atoms with Gasteiger partial charge < -0.3 is 10.5 Å². The maximum absolute atomic E-state index is 11.0. The summed E-state index contributed by atoms with van der Waals surface area (Å²) < 4.78 is 5.07. The molecule has 0 aromatic heterocycles. The monoisotopic (exact) mass is 163 g/mol. The standard InChI is InChI=1S/C9H9NO2/c10-8(11)9(6-12-9)7-4-2-1-3-5-7/h1-5H,6H2,(H2,10,11)/t9-/m0/s1. The molecular weight excluding hydrogens is 154 g/mol. The number of amides is 1. The Kier molecular flexibility index (Phi) is 1.41. The SMILES string of the molecule is NC(=O)[C@@]1(c2ccccc2)CO1. The number of nitrogens with two attached hydrogens (primary N) is 1. The molecule has 1 atom stereocenters. The number of epoxide rings is 1. The van der Waals surface area contributed by atoms with Gasteiger partial charge in [0.1, 0.15) is 0 Å². The van der Waals surface area contributed by atoms with Gasteiger partial charge in [0.25, 0.3) is 5.91 Å². The van der Waals surface area contributed by atoms with Crippen LogP contribution in [0.15, 0.2) is 30.3 Å². The molecule has 3 heteroatoms. The third-order valence-corrected chi connectivity index (χ3v) is 2.07. The highest BCUT2D eigenvalue weighted by Gasteiger charge is 2.52. The predicted molar refractivity (Wildman–Crippen MR) is 43.3 cm³/mol. The largest absolute Gasteiger partial charge is 0.367 e. The zero-order valence-corrected chi connectivity index (χ0v) is 6.49. The van der Waals surface area contributed by atoms with Crippen molar-refractivity contribution in [2.24, 2.45) is 5.73 Å². The van der Waals surface area contributed by atoms with Crippen molar-refractivity contribution in [3.8, 4) is 0 Å². The molecule has 2 N–H and O–H groups in total. The fourth-order valence-corrected chi connectivity index (χ4v) is 1.23. The Balaban J connectivity index is 2.37. The summed E-state index contributed by atoms with van der Waals surface area (Å²) in [4.78, 5) is 11.0. The van der Waals surface area contributed by atoms with Crippen LogP contribution in [-0.2, 0) is 15.1 Å². The fourth-order valence-electron chi connectivity index (χ4n) is 1.23. The maximum atomic E-state index is 11.0. The van der Waals surface area contributed by atoms with E-state index in [4.69, 9.17) is 10.5 Å². The summed E-state index contributed by atoms with van der Waals surface area (Å²) in [5.74, 6) is -0.409. The van der Waals surface area contributed by atoms with E-state index >= 15 is 0 Å². The molecular formula is C9H9NO2. The van der Waals surface area contributed by atoms with Crippen molar-refractivity contribution >= 4 is 5.91 Å². The molecule has 1 heterocycles. The number of rotatable bonds is 2. The Morgan fingerprint density at radius 1 is 1.42 bits per heavy atom. The van der Waals surface area contributed by atoms with E-state index < -0.39 is 11.5 Å². The molecule has 1 aromatic carbocycles. The third kappa shape index (κ3) is 0.905. The van der Waals surface area contributed by atoms with E-state index in [-0.39, 0.29) is 0 Å². The number of hydrogen-bond acceptors (Lipinski definition) is 2. The van der Waals surface area contributed by atoms with Gasteiger partial charge in [0.05, 0.1) is 6.61 Å². The fraction of sp³-hybridized carbons (Fsp3) is 0.222. The zero-order valence-electron chi connectivity index (χ0n) is 6.49. The Labute approximate surface area is 70.1 Å². The van der Waals surface area contributed by atoms with Crippen LogP contribution in [0.25, 0.3) is 0 Å². The van der Waals surface area contributed by atoms with Gasteiger partial charge in [-0.2, -0.15) is 0 Å². The van der Waals surface area contributed by atoms with E-state index in [0.29, 0.717) is 6.61 Å². The number of ether oxygens (including phenoxy) is 1. The predicted octanol–water partition coefficient (Wildman–Crippen LogP) is 0.397. The maximum Gasteiger partial charge on any atom is 0.256 e. The molecule has 0 spiro atoms. The first-order valence-electron chi connectivity index (χ1n) is 3.75. The molecule has 0 unspecified atom stereocenters. The van der Waals surface area contributed by atoms with Gasteiger partial charge in [-0.05, 0) is 5.56 Å². The van der Waals surface area contributed by atoms with E-state index in [1.807, 2.05) is 30.3 Å². The molecule has 1 aliphatic heterocycles. The Bertz CT molecular complexity index is 304. The molecule has 1 fully saturated rings. The highest BCUT2D eigenvalue weighted by atomic mass is 16.6. The van der Waals surface area contributed by atoms with E-state index in [1.54, 1.807) is 0 Å². The molecule has 2 rings (SSSR count). The molecule has 12 heavy (non-hydrogen) atoms. The Hall–Kier alpha value is -1.35. The lowest BCUT2D eigenvalue weighted by molar-refractivity contribution is -0.123. The third-order valence-electron chi connectivity index (χ3n) is 2.07. The van der Waals surface area contributed by atoms with Gasteiger partial charge in [-0.15, -0.1) is 0 Å². The molecule has 62 valence electrons. The smallest absolute Gasteiger partial charge is 0.256 e. The van der Waals surface area contributed by atoms with Crippen LogP contribution in [0.5, 0.6) is 0 Å². The molecule has 3 nitrogen and oxygen atoms in total. The second kappa shape index (κ2) is 2.32. The molecule has 1 aromatic rings. The summed E-state index contributed by atoms with van der Waals surface area (Å²) in [5.41, 5.74) is 5.23. The summed E-state index contributed by atoms with van der Waals surface area (Å²) in [6.45, 7) is 0.409. The van der Waals surface area contributed by atoms with Gasteiger partial charge >= 0.3 is 0 Å². The summed E-state index contributed by atoms with van der Waals surface area (Å²) >= 11 is 0. The minimum Gasteiger partial charge on any atom is -0.367 e. The van der Waals surface area contributed by atoms with E-state index in [2.05, 4.69) is 0 Å². The molecule has 1 aliphatic rings. The number of primary amides is 1. The summed E-state index contributed by atoms with van der Waals surface area (Å²) in [6.07, 6.45) is 0. The van der Waals surface area contributed by atoms with Crippen LogP contribution < -0.4 is 5.73 Å². The first-order valence-corrected chi connectivity index (χ1v) is 3.75. The Morgan fingerprint density at radius 2 is 2.00 bits per heavy atom.